The fourth-order valence-electron chi connectivity index (χ4n) is 3.80. The third-order valence-corrected chi connectivity index (χ3v) is 5.67. The Morgan fingerprint density at radius 1 is 1.18 bits per heavy atom. The van der Waals surface area contributed by atoms with Crippen LogP contribution in [0.3, 0.4) is 0 Å². The van der Waals surface area contributed by atoms with Crippen LogP contribution in [0.25, 0.3) is 11.0 Å². The van der Waals surface area contributed by atoms with Gasteiger partial charge in [-0.25, -0.2) is 9.67 Å². The Balaban J connectivity index is 1.38. The number of carbonyl (C=O) groups is 2. The molecule has 5 rings (SSSR count). The lowest BCUT2D eigenvalue weighted by Gasteiger charge is -2.21. The van der Waals surface area contributed by atoms with E-state index < -0.39 is 0 Å². The number of nitrogens with zero attached hydrogens (tertiary/aromatic N) is 7. The molecule has 11 heteroatoms. The van der Waals surface area contributed by atoms with Crippen molar-refractivity contribution in [2.75, 3.05) is 11.1 Å². The van der Waals surface area contributed by atoms with Gasteiger partial charge < -0.3 is 15.6 Å². The minimum Gasteiger partial charge on any atom is -0.368 e. The molecule has 1 aliphatic carbocycles. The number of ketones is 1. The molecule has 0 radical (unpaired) electrons. The van der Waals surface area contributed by atoms with E-state index in [-0.39, 0.29) is 29.7 Å². The summed E-state index contributed by atoms with van der Waals surface area (Å²) in [5.74, 6) is 0.0649. The van der Waals surface area contributed by atoms with Gasteiger partial charge in [0.2, 0.25) is 11.9 Å². The largest absolute Gasteiger partial charge is 0.368 e. The van der Waals surface area contributed by atoms with Crippen LogP contribution in [0.15, 0.2) is 37.1 Å². The number of fused-ring (bicyclic) bond motifs is 1. The minimum atomic E-state index is -0.327. The summed E-state index contributed by atoms with van der Waals surface area (Å²) >= 11 is 0. The molecule has 0 atom stereocenters. The van der Waals surface area contributed by atoms with E-state index in [0.29, 0.717) is 33.8 Å². The van der Waals surface area contributed by atoms with Gasteiger partial charge in [-0.2, -0.15) is 4.98 Å². The Morgan fingerprint density at radius 2 is 1.97 bits per heavy atom. The third kappa shape index (κ3) is 4.24. The normalized spacial score (nSPS) is 13.9. The van der Waals surface area contributed by atoms with Crippen molar-refractivity contribution in [2.24, 2.45) is 0 Å². The predicted molar refractivity (Wildman–Crippen MR) is 125 cm³/mol. The number of nitrogen functional groups attached to an aromatic ring is 1. The molecule has 34 heavy (non-hydrogen) atoms. The van der Waals surface area contributed by atoms with Gasteiger partial charge in [0.25, 0.3) is 0 Å². The van der Waals surface area contributed by atoms with Crippen LogP contribution in [0.5, 0.6) is 0 Å². The summed E-state index contributed by atoms with van der Waals surface area (Å²) in [7, 11) is 0. The molecular formula is C23H25N9O2. The molecule has 0 spiro atoms. The van der Waals surface area contributed by atoms with Crippen LogP contribution in [-0.2, 0) is 16.9 Å². The van der Waals surface area contributed by atoms with Crippen molar-refractivity contribution >= 4 is 34.4 Å². The molecule has 0 aliphatic heterocycles. The van der Waals surface area contributed by atoms with Crippen molar-refractivity contribution in [1.82, 2.24) is 34.5 Å². The van der Waals surface area contributed by atoms with E-state index in [1.165, 1.54) is 17.1 Å². The number of hydrogen-bond acceptors (Lipinski definition) is 8. The number of nitrogens with two attached hydrogens (primary N) is 1. The maximum absolute atomic E-state index is 13.4. The first kappa shape index (κ1) is 21.7. The summed E-state index contributed by atoms with van der Waals surface area (Å²) in [6.45, 7) is 6.06. The monoisotopic (exact) mass is 459 g/mol. The SMILES string of the molecule is CC(C)(C)n1cc(C(=O)c2cncc(NC(=O)Cn3cc(C4CC4)nn3)c2)c2cnc(N)nc21. The number of aromatic nitrogens is 7. The third-order valence-electron chi connectivity index (χ3n) is 5.67. The molecule has 0 unspecified atom stereocenters. The Labute approximate surface area is 195 Å². The van der Waals surface area contributed by atoms with Gasteiger partial charge in [-0.1, -0.05) is 5.21 Å². The Hall–Kier alpha value is -4.15. The second-order valence-electron chi connectivity index (χ2n) is 9.50. The lowest BCUT2D eigenvalue weighted by molar-refractivity contribution is -0.116. The van der Waals surface area contributed by atoms with Crippen LogP contribution in [0.2, 0.25) is 0 Å². The molecular weight excluding hydrogens is 434 g/mol. The van der Waals surface area contributed by atoms with Gasteiger partial charge in [0.15, 0.2) is 5.78 Å². The van der Waals surface area contributed by atoms with Crippen LogP contribution < -0.4 is 11.1 Å². The lowest BCUT2D eigenvalue weighted by atomic mass is 10.1. The fraction of sp³-hybridized carbons (Fsp3) is 0.348. The number of amides is 1. The smallest absolute Gasteiger partial charge is 0.246 e. The highest BCUT2D eigenvalue weighted by Crippen LogP contribution is 2.38. The van der Waals surface area contributed by atoms with Gasteiger partial charge in [0.1, 0.15) is 12.2 Å². The van der Waals surface area contributed by atoms with Crippen molar-refractivity contribution in [1.29, 1.82) is 0 Å². The summed E-state index contributed by atoms with van der Waals surface area (Å²) < 4.78 is 3.42. The Bertz CT molecular complexity index is 1410. The van der Waals surface area contributed by atoms with E-state index in [4.69, 9.17) is 5.73 Å². The molecule has 4 aromatic heterocycles. The van der Waals surface area contributed by atoms with Crippen molar-refractivity contribution in [3.8, 4) is 0 Å². The highest BCUT2D eigenvalue weighted by molar-refractivity contribution is 6.16. The second-order valence-corrected chi connectivity index (χ2v) is 9.50. The summed E-state index contributed by atoms with van der Waals surface area (Å²) in [6.07, 6.45) is 10.3. The molecule has 0 aromatic carbocycles. The molecule has 0 saturated heterocycles. The molecule has 1 amide bonds. The highest BCUT2D eigenvalue weighted by Gasteiger charge is 2.27. The summed E-state index contributed by atoms with van der Waals surface area (Å²) in [5.41, 5.74) is 8.15. The van der Waals surface area contributed by atoms with Gasteiger partial charge in [0, 0.05) is 47.2 Å². The van der Waals surface area contributed by atoms with Crippen molar-refractivity contribution in [3.63, 3.8) is 0 Å². The molecule has 3 N–H and O–H groups in total. The number of rotatable bonds is 6. The van der Waals surface area contributed by atoms with Gasteiger partial charge in [0.05, 0.1) is 23.1 Å². The van der Waals surface area contributed by atoms with E-state index in [2.05, 4.69) is 30.6 Å². The van der Waals surface area contributed by atoms with Crippen molar-refractivity contribution in [3.05, 3.63) is 53.9 Å². The summed E-state index contributed by atoms with van der Waals surface area (Å²) in [5, 5.41) is 11.5. The molecule has 1 fully saturated rings. The highest BCUT2D eigenvalue weighted by atomic mass is 16.2. The average molecular weight is 460 g/mol. The molecule has 4 aromatic rings. The first-order valence-corrected chi connectivity index (χ1v) is 11.0. The molecule has 4 heterocycles. The molecule has 1 aliphatic rings. The summed E-state index contributed by atoms with van der Waals surface area (Å²) in [4.78, 5) is 38.5. The van der Waals surface area contributed by atoms with E-state index in [9.17, 15) is 9.59 Å². The lowest BCUT2D eigenvalue weighted by Crippen LogP contribution is -2.21. The molecule has 1 saturated carbocycles. The quantitative estimate of drug-likeness (QED) is 0.418. The van der Waals surface area contributed by atoms with E-state index in [1.807, 2.05) is 25.3 Å². The van der Waals surface area contributed by atoms with Crippen LogP contribution >= 0.6 is 0 Å². The standard InChI is InChI=1S/C23H25N9O2/c1-23(2,3)32-10-17(16-9-26-22(24)28-21(16)32)20(34)14-6-15(8-25-7-14)27-19(33)12-31-11-18(29-30-31)13-4-5-13/h6-11,13H,4-5,12H2,1-3H3,(H,27,33)(H2,24,26,28). The van der Waals surface area contributed by atoms with Crippen LogP contribution in [0, 0.1) is 0 Å². The number of hydrogen-bond donors (Lipinski definition) is 2. The first-order chi connectivity index (χ1) is 16.2. The fourth-order valence-corrected chi connectivity index (χ4v) is 3.80. The number of pyridine rings is 1. The summed E-state index contributed by atoms with van der Waals surface area (Å²) in [6, 6.07) is 1.60. The number of carbonyl (C=O) groups excluding carboxylic acids is 2. The van der Waals surface area contributed by atoms with Crippen molar-refractivity contribution in [2.45, 2.75) is 51.6 Å². The maximum atomic E-state index is 13.4. The van der Waals surface area contributed by atoms with E-state index in [1.54, 1.807) is 24.7 Å². The zero-order valence-electron chi connectivity index (χ0n) is 19.2. The molecule has 0 bridgehead atoms. The minimum absolute atomic E-state index is 0.0235. The second kappa shape index (κ2) is 8.01. The zero-order valence-corrected chi connectivity index (χ0v) is 19.2. The average Bonchev–Trinajstić information content (AvgIpc) is 3.40. The van der Waals surface area contributed by atoms with Crippen LogP contribution in [0.4, 0.5) is 11.6 Å². The number of anilines is 2. The Kier molecular flexibility index (Phi) is 5.11. The van der Waals surface area contributed by atoms with Crippen LogP contribution in [0.1, 0.15) is 61.1 Å². The van der Waals surface area contributed by atoms with Gasteiger partial charge in [-0.3, -0.25) is 14.6 Å². The van der Waals surface area contributed by atoms with E-state index in [0.717, 1.165) is 18.5 Å². The van der Waals surface area contributed by atoms with Crippen LogP contribution in [-0.4, -0.2) is 46.2 Å². The Morgan fingerprint density at radius 3 is 2.71 bits per heavy atom. The number of nitrogens with one attached hydrogen (secondary N) is 1. The topological polar surface area (TPSA) is 146 Å². The van der Waals surface area contributed by atoms with Crippen molar-refractivity contribution < 1.29 is 9.59 Å². The molecule has 11 nitrogen and oxygen atoms in total. The van der Waals surface area contributed by atoms with Gasteiger partial charge >= 0.3 is 0 Å². The van der Waals surface area contributed by atoms with Gasteiger partial charge in [-0.15, -0.1) is 5.10 Å². The maximum Gasteiger partial charge on any atom is 0.246 e. The zero-order chi connectivity index (χ0) is 24.0. The predicted octanol–water partition coefficient (Wildman–Crippen LogP) is 2.50. The van der Waals surface area contributed by atoms with E-state index >= 15 is 0 Å². The first-order valence-electron chi connectivity index (χ1n) is 11.0. The van der Waals surface area contributed by atoms with Gasteiger partial charge in [-0.05, 0) is 39.7 Å². The molecule has 174 valence electrons.